The summed E-state index contributed by atoms with van der Waals surface area (Å²) in [5.74, 6) is -0.226. The molecule has 1 rings (SSSR count). The highest BCUT2D eigenvalue weighted by atomic mass is 32.1. The summed E-state index contributed by atoms with van der Waals surface area (Å²) in [7, 11) is 0. The SMILES string of the molecule is CCCCCc1nnc(NC(=O)C(C)N)s1. The van der Waals surface area contributed by atoms with E-state index in [4.69, 9.17) is 5.73 Å². The van der Waals surface area contributed by atoms with E-state index in [-0.39, 0.29) is 5.91 Å². The quantitative estimate of drug-likeness (QED) is 0.742. The third-order valence-electron chi connectivity index (χ3n) is 2.10. The van der Waals surface area contributed by atoms with E-state index in [2.05, 4.69) is 22.4 Å². The third-order valence-corrected chi connectivity index (χ3v) is 3.00. The van der Waals surface area contributed by atoms with Crippen molar-refractivity contribution in [3.8, 4) is 0 Å². The summed E-state index contributed by atoms with van der Waals surface area (Å²) in [6.07, 6.45) is 4.43. The molecule has 0 saturated carbocycles. The van der Waals surface area contributed by atoms with Crippen LogP contribution < -0.4 is 11.1 Å². The maximum atomic E-state index is 11.3. The molecular weight excluding hydrogens is 224 g/mol. The number of nitrogens with one attached hydrogen (secondary N) is 1. The van der Waals surface area contributed by atoms with E-state index in [9.17, 15) is 4.79 Å². The number of nitrogens with zero attached hydrogens (tertiary/aromatic N) is 2. The van der Waals surface area contributed by atoms with Gasteiger partial charge in [0.1, 0.15) is 5.01 Å². The Kier molecular flexibility index (Phi) is 5.34. The minimum Gasteiger partial charge on any atom is -0.320 e. The Bertz CT molecular complexity index is 337. The van der Waals surface area contributed by atoms with Crippen molar-refractivity contribution < 1.29 is 4.79 Å². The summed E-state index contributed by atoms with van der Waals surface area (Å²) in [5, 5.41) is 12.0. The van der Waals surface area contributed by atoms with E-state index in [1.807, 2.05) is 0 Å². The van der Waals surface area contributed by atoms with Gasteiger partial charge in [0.25, 0.3) is 0 Å². The minimum absolute atomic E-state index is 0.226. The Labute approximate surface area is 99.5 Å². The highest BCUT2D eigenvalue weighted by molar-refractivity contribution is 7.15. The Morgan fingerprint density at radius 3 is 2.88 bits per heavy atom. The van der Waals surface area contributed by atoms with Gasteiger partial charge in [0.15, 0.2) is 0 Å². The molecule has 0 fully saturated rings. The summed E-state index contributed by atoms with van der Waals surface area (Å²) in [4.78, 5) is 11.3. The van der Waals surface area contributed by atoms with Gasteiger partial charge >= 0.3 is 0 Å². The average Bonchev–Trinajstić information content (AvgIpc) is 2.66. The predicted octanol–water partition coefficient (Wildman–Crippen LogP) is 1.56. The van der Waals surface area contributed by atoms with E-state index < -0.39 is 6.04 Å². The molecule has 5 nitrogen and oxygen atoms in total. The summed E-state index contributed by atoms with van der Waals surface area (Å²) in [6.45, 7) is 3.80. The number of aryl methyl sites for hydroxylation is 1. The smallest absolute Gasteiger partial charge is 0.242 e. The Morgan fingerprint density at radius 1 is 1.50 bits per heavy atom. The number of rotatable bonds is 6. The third kappa shape index (κ3) is 4.24. The van der Waals surface area contributed by atoms with Gasteiger partial charge in [0.2, 0.25) is 11.0 Å². The lowest BCUT2D eigenvalue weighted by atomic mass is 10.2. The van der Waals surface area contributed by atoms with Crippen LogP contribution in [0.15, 0.2) is 0 Å². The molecule has 0 saturated heterocycles. The average molecular weight is 242 g/mol. The highest BCUT2D eigenvalue weighted by Gasteiger charge is 2.10. The molecule has 90 valence electrons. The zero-order chi connectivity index (χ0) is 12.0. The molecule has 0 aromatic carbocycles. The van der Waals surface area contributed by atoms with Gasteiger partial charge in [-0.2, -0.15) is 0 Å². The first-order chi connectivity index (χ1) is 7.63. The molecule has 1 atom stereocenters. The molecule has 0 radical (unpaired) electrons. The monoisotopic (exact) mass is 242 g/mol. The van der Waals surface area contributed by atoms with E-state index in [0.29, 0.717) is 5.13 Å². The summed E-state index contributed by atoms with van der Waals surface area (Å²) < 4.78 is 0. The van der Waals surface area contributed by atoms with Gasteiger partial charge in [-0.3, -0.25) is 10.1 Å². The van der Waals surface area contributed by atoms with Crippen molar-refractivity contribution in [1.29, 1.82) is 0 Å². The van der Waals surface area contributed by atoms with Crippen molar-refractivity contribution in [2.75, 3.05) is 5.32 Å². The maximum Gasteiger partial charge on any atom is 0.242 e. The van der Waals surface area contributed by atoms with Crippen LogP contribution in [0, 0.1) is 0 Å². The molecule has 0 aliphatic carbocycles. The molecule has 1 aromatic rings. The van der Waals surface area contributed by atoms with Gasteiger partial charge in [-0.25, -0.2) is 0 Å². The van der Waals surface area contributed by atoms with E-state index in [1.54, 1.807) is 6.92 Å². The number of aromatic nitrogens is 2. The van der Waals surface area contributed by atoms with Crippen molar-refractivity contribution in [2.45, 2.75) is 45.6 Å². The first-order valence-corrected chi connectivity index (χ1v) is 6.34. The van der Waals surface area contributed by atoms with Crippen LogP contribution >= 0.6 is 11.3 Å². The lowest BCUT2D eigenvalue weighted by molar-refractivity contribution is -0.117. The number of amides is 1. The molecule has 0 aliphatic rings. The van der Waals surface area contributed by atoms with Crippen LogP contribution in [0.3, 0.4) is 0 Å². The van der Waals surface area contributed by atoms with Gasteiger partial charge in [0.05, 0.1) is 6.04 Å². The summed E-state index contributed by atoms with van der Waals surface area (Å²) in [5.41, 5.74) is 5.43. The molecule has 1 unspecified atom stereocenters. The first-order valence-electron chi connectivity index (χ1n) is 5.52. The first kappa shape index (κ1) is 13.1. The van der Waals surface area contributed by atoms with Gasteiger partial charge < -0.3 is 5.73 Å². The van der Waals surface area contributed by atoms with Crippen molar-refractivity contribution >= 4 is 22.4 Å². The Morgan fingerprint density at radius 2 is 2.25 bits per heavy atom. The maximum absolute atomic E-state index is 11.3. The van der Waals surface area contributed by atoms with Crippen LogP contribution in [-0.4, -0.2) is 22.1 Å². The number of hydrogen-bond acceptors (Lipinski definition) is 5. The van der Waals surface area contributed by atoms with Gasteiger partial charge in [0, 0.05) is 6.42 Å². The van der Waals surface area contributed by atoms with Crippen LogP contribution in [0.25, 0.3) is 0 Å². The molecule has 1 heterocycles. The number of unbranched alkanes of at least 4 members (excludes halogenated alkanes) is 2. The van der Waals surface area contributed by atoms with Crippen molar-refractivity contribution in [3.05, 3.63) is 5.01 Å². The number of carbonyl (C=O) groups is 1. The summed E-state index contributed by atoms with van der Waals surface area (Å²) >= 11 is 1.42. The van der Waals surface area contributed by atoms with Crippen molar-refractivity contribution in [2.24, 2.45) is 5.73 Å². The second-order valence-corrected chi connectivity index (χ2v) is 4.80. The minimum atomic E-state index is -0.521. The summed E-state index contributed by atoms with van der Waals surface area (Å²) in [6, 6.07) is -0.521. The predicted molar refractivity (Wildman–Crippen MR) is 65.4 cm³/mol. The zero-order valence-electron chi connectivity index (χ0n) is 9.69. The molecule has 0 spiro atoms. The lowest BCUT2D eigenvalue weighted by Gasteiger charge is -2.02. The second kappa shape index (κ2) is 6.55. The van der Waals surface area contributed by atoms with Crippen LogP contribution in [0.5, 0.6) is 0 Å². The van der Waals surface area contributed by atoms with Crippen LogP contribution in [-0.2, 0) is 11.2 Å². The number of hydrogen-bond donors (Lipinski definition) is 2. The van der Waals surface area contributed by atoms with Crippen LogP contribution in [0.1, 0.15) is 38.1 Å². The topological polar surface area (TPSA) is 80.9 Å². The number of nitrogens with two attached hydrogens (primary N) is 1. The standard InChI is InChI=1S/C10H18N4OS/c1-3-4-5-6-8-13-14-10(16-8)12-9(15)7(2)11/h7H,3-6,11H2,1-2H3,(H,12,14,15). The molecule has 16 heavy (non-hydrogen) atoms. The number of anilines is 1. The zero-order valence-corrected chi connectivity index (χ0v) is 10.5. The van der Waals surface area contributed by atoms with E-state index >= 15 is 0 Å². The lowest BCUT2D eigenvalue weighted by Crippen LogP contribution is -2.32. The fraction of sp³-hybridized carbons (Fsp3) is 0.700. The largest absolute Gasteiger partial charge is 0.320 e. The fourth-order valence-corrected chi connectivity index (χ4v) is 1.94. The molecule has 3 N–H and O–H groups in total. The van der Waals surface area contributed by atoms with Gasteiger partial charge in [-0.15, -0.1) is 10.2 Å². The molecule has 1 amide bonds. The van der Waals surface area contributed by atoms with E-state index in [1.165, 1.54) is 24.2 Å². The molecule has 0 aliphatic heterocycles. The van der Waals surface area contributed by atoms with E-state index in [0.717, 1.165) is 17.8 Å². The van der Waals surface area contributed by atoms with Gasteiger partial charge in [-0.1, -0.05) is 31.1 Å². The van der Waals surface area contributed by atoms with Crippen LogP contribution in [0.2, 0.25) is 0 Å². The number of carbonyl (C=O) groups excluding carboxylic acids is 1. The van der Waals surface area contributed by atoms with Crippen LogP contribution in [0.4, 0.5) is 5.13 Å². The Hall–Kier alpha value is -1.01. The normalized spacial score (nSPS) is 12.4. The van der Waals surface area contributed by atoms with Crippen molar-refractivity contribution in [3.63, 3.8) is 0 Å². The second-order valence-electron chi connectivity index (χ2n) is 3.74. The van der Waals surface area contributed by atoms with Gasteiger partial charge in [-0.05, 0) is 13.3 Å². The molecule has 6 heteroatoms. The molecular formula is C10H18N4OS. The fourth-order valence-electron chi connectivity index (χ4n) is 1.15. The van der Waals surface area contributed by atoms with Crippen molar-refractivity contribution in [1.82, 2.24) is 10.2 Å². The Balaban J connectivity index is 2.42. The highest BCUT2D eigenvalue weighted by Crippen LogP contribution is 2.17. The molecule has 0 bridgehead atoms. The molecule has 1 aromatic heterocycles.